The van der Waals surface area contributed by atoms with Crippen LogP contribution in [0.25, 0.3) is 0 Å². The lowest BCUT2D eigenvalue weighted by atomic mass is 10.2. The fraction of sp³-hybridized carbons (Fsp3) is 0. The summed E-state index contributed by atoms with van der Waals surface area (Å²) in [5.41, 5.74) is -3.00. The summed E-state index contributed by atoms with van der Waals surface area (Å²) in [4.78, 5) is 35.7. The zero-order chi connectivity index (χ0) is 15.6. The molecule has 11 heteroatoms. The van der Waals surface area contributed by atoms with E-state index in [1.165, 1.54) is 0 Å². The maximum atomic E-state index is 11.4. The van der Waals surface area contributed by atoms with E-state index >= 15 is 0 Å². The summed E-state index contributed by atoms with van der Waals surface area (Å²) in [5.74, 6) is -1.33. The van der Waals surface area contributed by atoms with E-state index < -0.39 is 33.5 Å². The van der Waals surface area contributed by atoms with Gasteiger partial charge in [-0.3, -0.25) is 24.9 Å². The Kier molecular flexibility index (Phi) is 3.47. The van der Waals surface area contributed by atoms with Gasteiger partial charge in [0.05, 0.1) is 11.0 Å². The van der Waals surface area contributed by atoms with Crippen LogP contribution >= 0.6 is 0 Å². The summed E-state index contributed by atoms with van der Waals surface area (Å²) >= 11 is 0. The van der Waals surface area contributed by atoms with E-state index in [4.69, 9.17) is 0 Å². The second-order valence-corrected chi connectivity index (χ2v) is 3.74. The molecule has 108 valence electrons. The Balaban J connectivity index is 2.41. The van der Waals surface area contributed by atoms with Gasteiger partial charge in [0.1, 0.15) is 11.4 Å². The lowest BCUT2D eigenvalue weighted by Crippen LogP contribution is -2.20. The van der Waals surface area contributed by atoms with Crippen molar-refractivity contribution in [2.45, 2.75) is 0 Å². The van der Waals surface area contributed by atoms with Crippen LogP contribution in [-0.4, -0.2) is 25.1 Å². The van der Waals surface area contributed by atoms with Gasteiger partial charge in [0.15, 0.2) is 0 Å². The lowest BCUT2D eigenvalue weighted by Gasteiger charge is -1.98. The zero-order valence-electron chi connectivity index (χ0n) is 10.1. The minimum Gasteiger partial charge on any atom is -0.505 e. The predicted octanol–water partition coefficient (Wildman–Crippen LogP) is 0.798. The number of rotatable bonds is 3. The normalized spacial score (nSPS) is 10.9. The van der Waals surface area contributed by atoms with E-state index in [0.29, 0.717) is 0 Å². The van der Waals surface area contributed by atoms with Crippen LogP contribution in [-0.2, 0) is 0 Å². The number of nitro groups is 1. The van der Waals surface area contributed by atoms with Gasteiger partial charge in [-0.1, -0.05) is 0 Å². The minimum absolute atomic E-state index is 0.161. The second kappa shape index (κ2) is 5.24. The van der Waals surface area contributed by atoms with Crippen molar-refractivity contribution in [3.63, 3.8) is 0 Å². The standard InChI is InChI=1S/C10H7N5O6/c16-6-3-4(15(20)21)1-2-5(6)13-14-7-8(17)11-10(19)12-9(7)18/h1-3,16H,(H3,11,12,17,18,19). The number of nitrogens with zero attached hydrogens (tertiary/aromatic N) is 3. The third-order valence-electron chi connectivity index (χ3n) is 2.33. The summed E-state index contributed by atoms with van der Waals surface area (Å²) in [7, 11) is 0. The molecule has 0 spiro atoms. The van der Waals surface area contributed by atoms with Crippen molar-refractivity contribution < 1.29 is 15.1 Å². The number of aromatic amines is 2. The zero-order valence-corrected chi connectivity index (χ0v) is 10.1. The van der Waals surface area contributed by atoms with Gasteiger partial charge in [-0.25, -0.2) is 4.79 Å². The van der Waals surface area contributed by atoms with E-state index in [1.54, 1.807) is 0 Å². The molecule has 0 aliphatic rings. The number of non-ortho nitro benzene ring substituents is 1. The summed E-state index contributed by atoms with van der Waals surface area (Å²) in [6, 6.07) is 3.03. The molecule has 2 rings (SSSR count). The monoisotopic (exact) mass is 293 g/mol. The highest BCUT2D eigenvalue weighted by molar-refractivity contribution is 5.56. The van der Waals surface area contributed by atoms with E-state index in [2.05, 4.69) is 10.2 Å². The molecule has 1 aromatic carbocycles. The first kappa shape index (κ1) is 13.9. The predicted molar refractivity (Wildman–Crippen MR) is 68.3 cm³/mol. The van der Waals surface area contributed by atoms with Gasteiger partial charge in [-0.05, 0) is 6.07 Å². The summed E-state index contributed by atoms with van der Waals surface area (Å²) in [6.45, 7) is 0. The molecule has 0 radical (unpaired) electrons. The smallest absolute Gasteiger partial charge is 0.328 e. The van der Waals surface area contributed by atoms with Crippen LogP contribution in [0.2, 0.25) is 0 Å². The minimum atomic E-state index is -0.985. The summed E-state index contributed by atoms with van der Waals surface area (Å²) < 4.78 is 0. The first-order valence-corrected chi connectivity index (χ1v) is 5.33. The molecular weight excluding hydrogens is 286 g/mol. The van der Waals surface area contributed by atoms with Gasteiger partial charge >= 0.3 is 5.69 Å². The summed E-state index contributed by atoms with van der Waals surface area (Å²) in [6.07, 6.45) is 0. The molecule has 0 aliphatic heterocycles. The average Bonchev–Trinajstić information content (AvgIpc) is 2.38. The SMILES string of the molecule is O=c1[nH]c(O)c(N=Nc2ccc([N+](=O)[O-])cc2O)c(=O)[nH]1. The van der Waals surface area contributed by atoms with Crippen molar-refractivity contribution in [1.29, 1.82) is 0 Å². The Hall–Kier alpha value is -3.50. The van der Waals surface area contributed by atoms with Crippen LogP contribution in [0, 0.1) is 10.1 Å². The topological polar surface area (TPSA) is 174 Å². The van der Waals surface area contributed by atoms with E-state index in [1.807, 2.05) is 9.97 Å². The molecular formula is C10H7N5O6. The fourth-order valence-corrected chi connectivity index (χ4v) is 1.37. The van der Waals surface area contributed by atoms with Crippen molar-refractivity contribution in [2.24, 2.45) is 10.2 Å². The van der Waals surface area contributed by atoms with Crippen LogP contribution in [0.4, 0.5) is 17.1 Å². The Labute approximate surface area is 114 Å². The second-order valence-electron chi connectivity index (χ2n) is 3.74. The van der Waals surface area contributed by atoms with Crippen molar-refractivity contribution in [2.75, 3.05) is 0 Å². The van der Waals surface area contributed by atoms with Gasteiger partial charge in [0.2, 0.25) is 11.6 Å². The highest BCUT2D eigenvalue weighted by atomic mass is 16.6. The number of benzene rings is 1. The van der Waals surface area contributed by atoms with Gasteiger partial charge in [0.25, 0.3) is 11.2 Å². The molecule has 0 atom stereocenters. The number of nitrogens with one attached hydrogen (secondary N) is 2. The first-order valence-electron chi connectivity index (χ1n) is 5.33. The first-order chi connectivity index (χ1) is 9.88. The Morgan fingerprint density at radius 3 is 2.43 bits per heavy atom. The number of aromatic nitrogens is 2. The van der Waals surface area contributed by atoms with Gasteiger partial charge in [-0.2, -0.15) is 0 Å². The molecule has 1 heterocycles. The largest absolute Gasteiger partial charge is 0.505 e. The number of hydrogen-bond donors (Lipinski definition) is 4. The third kappa shape index (κ3) is 2.91. The van der Waals surface area contributed by atoms with Gasteiger partial charge < -0.3 is 10.2 Å². The Morgan fingerprint density at radius 2 is 1.86 bits per heavy atom. The maximum Gasteiger partial charge on any atom is 0.328 e. The molecule has 1 aromatic heterocycles. The number of hydrogen-bond acceptors (Lipinski definition) is 8. The van der Waals surface area contributed by atoms with Gasteiger partial charge in [-0.15, -0.1) is 10.2 Å². The number of azo groups is 1. The molecule has 0 saturated carbocycles. The molecule has 11 nitrogen and oxygen atoms in total. The molecule has 0 amide bonds. The van der Waals surface area contributed by atoms with Crippen LogP contribution in [0.1, 0.15) is 0 Å². The quantitative estimate of drug-likeness (QED) is 0.369. The van der Waals surface area contributed by atoms with Crippen LogP contribution in [0.5, 0.6) is 11.6 Å². The molecule has 2 aromatic rings. The van der Waals surface area contributed by atoms with E-state index in [9.17, 15) is 29.9 Å². The molecule has 0 saturated heterocycles. The number of H-pyrrole nitrogens is 2. The van der Waals surface area contributed by atoms with Crippen LogP contribution in [0.15, 0.2) is 38.0 Å². The van der Waals surface area contributed by atoms with Crippen molar-refractivity contribution in [1.82, 2.24) is 9.97 Å². The molecule has 0 aliphatic carbocycles. The Morgan fingerprint density at radius 1 is 1.14 bits per heavy atom. The number of phenols is 1. The highest BCUT2D eigenvalue weighted by Gasteiger charge is 2.11. The number of aromatic hydroxyl groups is 2. The van der Waals surface area contributed by atoms with E-state index in [-0.39, 0.29) is 11.4 Å². The number of phenolic OH excluding ortho intramolecular Hbond substituents is 1. The van der Waals surface area contributed by atoms with Crippen LogP contribution < -0.4 is 11.2 Å². The molecule has 0 bridgehead atoms. The highest BCUT2D eigenvalue weighted by Crippen LogP contribution is 2.31. The number of nitro benzene ring substituents is 1. The summed E-state index contributed by atoms with van der Waals surface area (Å²) in [5, 5.41) is 36.2. The molecule has 4 N–H and O–H groups in total. The molecule has 21 heavy (non-hydrogen) atoms. The van der Waals surface area contributed by atoms with Crippen molar-refractivity contribution in [3.05, 3.63) is 49.2 Å². The fourth-order valence-electron chi connectivity index (χ4n) is 1.37. The molecule has 0 unspecified atom stereocenters. The van der Waals surface area contributed by atoms with Gasteiger partial charge in [0, 0.05) is 6.07 Å². The molecule has 0 fully saturated rings. The lowest BCUT2D eigenvalue weighted by molar-refractivity contribution is -0.384. The van der Waals surface area contributed by atoms with Crippen LogP contribution in [0.3, 0.4) is 0 Å². The Bertz CT molecular complexity index is 852. The third-order valence-corrected chi connectivity index (χ3v) is 2.33. The maximum absolute atomic E-state index is 11.4. The van der Waals surface area contributed by atoms with Crippen molar-refractivity contribution >= 4 is 17.1 Å². The van der Waals surface area contributed by atoms with Crippen molar-refractivity contribution in [3.8, 4) is 11.6 Å². The van der Waals surface area contributed by atoms with E-state index in [0.717, 1.165) is 18.2 Å². The average molecular weight is 293 g/mol.